The molecule has 1 aromatic heterocycles. The molecule has 1 saturated heterocycles. The summed E-state index contributed by atoms with van der Waals surface area (Å²) in [6, 6.07) is 9.94. The van der Waals surface area contributed by atoms with Gasteiger partial charge >= 0.3 is 5.97 Å². The molecule has 0 aliphatic carbocycles. The summed E-state index contributed by atoms with van der Waals surface area (Å²) in [4.78, 5) is 27.8. The van der Waals surface area contributed by atoms with Crippen LogP contribution in [0.25, 0.3) is 11.8 Å². The van der Waals surface area contributed by atoms with Gasteiger partial charge in [-0.15, -0.1) is 0 Å². The zero-order valence-corrected chi connectivity index (χ0v) is 20.5. The fourth-order valence-corrected chi connectivity index (χ4v) is 4.78. The molecule has 7 heteroatoms. The molecule has 34 heavy (non-hydrogen) atoms. The number of aryl methyl sites for hydroxylation is 1. The van der Waals surface area contributed by atoms with Gasteiger partial charge in [0.25, 0.3) is 5.91 Å². The first-order valence-electron chi connectivity index (χ1n) is 11.7. The summed E-state index contributed by atoms with van der Waals surface area (Å²) in [5, 5.41) is 0. The predicted molar refractivity (Wildman–Crippen MR) is 130 cm³/mol. The minimum atomic E-state index is -0.507. The molecule has 0 N–H and O–H groups in total. The molecular weight excluding hydrogens is 432 g/mol. The summed E-state index contributed by atoms with van der Waals surface area (Å²) in [7, 11) is 1.34. The number of amides is 1. The Morgan fingerprint density at radius 1 is 1.21 bits per heavy atom. The third-order valence-electron chi connectivity index (χ3n) is 6.49. The van der Waals surface area contributed by atoms with Crippen molar-refractivity contribution >= 4 is 18.0 Å². The van der Waals surface area contributed by atoms with Crippen LogP contribution in [0.4, 0.5) is 0 Å². The van der Waals surface area contributed by atoms with E-state index in [0.717, 1.165) is 41.2 Å². The van der Waals surface area contributed by atoms with Crippen LogP contribution in [0.3, 0.4) is 0 Å². The molecule has 1 amide bonds. The second-order valence-electron chi connectivity index (χ2n) is 8.65. The van der Waals surface area contributed by atoms with Crippen LogP contribution >= 0.6 is 0 Å². The molecule has 1 aromatic carbocycles. The number of aromatic nitrogens is 1. The Morgan fingerprint density at radius 2 is 1.94 bits per heavy atom. The normalized spacial score (nSPS) is 19.4. The third kappa shape index (κ3) is 4.40. The average molecular weight is 465 g/mol. The highest BCUT2D eigenvalue weighted by molar-refractivity contribution is 6.16. The maximum atomic E-state index is 13.4. The topological polar surface area (TPSA) is 70.0 Å². The number of rotatable bonds is 7. The fourth-order valence-electron chi connectivity index (χ4n) is 4.78. The Morgan fingerprint density at radius 3 is 2.56 bits per heavy atom. The molecule has 2 aromatic rings. The minimum Gasteiger partial charge on any atom is -0.494 e. The van der Waals surface area contributed by atoms with Crippen LogP contribution in [0.5, 0.6) is 5.75 Å². The quantitative estimate of drug-likeness (QED) is 0.450. The molecule has 1 fully saturated rings. The van der Waals surface area contributed by atoms with Gasteiger partial charge < -0.3 is 23.7 Å². The Hall–Kier alpha value is -3.32. The number of carbonyl (C=O) groups is 2. The summed E-state index contributed by atoms with van der Waals surface area (Å²) in [6.45, 7) is 9.54. The first-order chi connectivity index (χ1) is 16.3. The molecule has 1 unspecified atom stereocenters. The number of hydrogen-bond donors (Lipinski definition) is 0. The van der Waals surface area contributed by atoms with Crippen molar-refractivity contribution in [1.29, 1.82) is 0 Å². The van der Waals surface area contributed by atoms with Gasteiger partial charge in [0.05, 0.1) is 37.5 Å². The highest BCUT2D eigenvalue weighted by atomic mass is 16.5. The van der Waals surface area contributed by atoms with E-state index in [0.29, 0.717) is 36.6 Å². The van der Waals surface area contributed by atoms with Crippen molar-refractivity contribution in [3.63, 3.8) is 0 Å². The largest absolute Gasteiger partial charge is 0.494 e. The number of benzene rings is 1. The molecule has 0 spiro atoms. The monoisotopic (exact) mass is 464 g/mol. The first-order valence-corrected chi connectivity index (χ1v) is 11.7. The van der Waals surface area contributed by atoms with E-state index in [9.17, 15) is 9.59 Å². The van der Waals surface area contributed by atoms with Crippen molar-refractivity contribution in [3.8, 4) is 11.4 Å². The molecule has 2 aliphatic heterocycles. The van der Waals surface area contributed by atoms with Crippen LogP contribution in [0.15, 0.2) is 47.2 Å². The molecule has 0 saturated carbocycles. The minimum absolute atomic E-state index is 0.0122. The van der Waals surface area contributed by atoms with Gasteiger partial charge in [0.15, 0.2) is 0 Å². The Bertz CT molecular complexity index is 1150. The zero-order chi connectivity index (χ0) is 24.4. The maximum Gasteiger partial charge on any atom is 0.340 e. The lowest BCUT2D eigenvalue weighted by molar-refractivity contribution is -0.136. The lowest BCUT2D eigenvalue weighted by Gasteiger charge is -2.21. The predicted octanol–water partition coefficient (Wildman–Crippen LogP) is 4.34. The van der Waals surface area contributed by atoms with Crippen LogP contribution in [0, 0.1) is 13.8 Å². The number of esters is 1. The summed E-state index contributed by atoms with van der Waals surface area (Å²) < 4.78 is 18.4. The van der Waals surface area contributed by atoms with Gasteiger partial charge in [-0.05, 0) is 82.5 Å². The van der Waals surface area contributed by atoms with Crippen molar-refractivity contribution in [1.82, 2.24) is 9.47 Å². The average Bonchev–Trinajstić information content (AvgIpc) is 3.49. The van der Waals surface area contributed by atoms with Crippen LogP contribution in [-0.4, -0.2) is 54.3 Å². The van der Waals surface area contributed by atoms with Gasteiger partial charge in [-0.2, -0.15) is 0 Å². The highest BCUT2D eigenvalue weighted by Crippen LogP contribution is 2.34. The van der Waals surface area contributed by atoms with E-state index in [1.807, 2.05) is 51.1 Å². The SMILES string of the molecule is CCOc1ccc(-n2c(C)cc(C=C3C(=O)N(CC4CCCO4)C(C)=C3C(=O)OC)c2C)cc1. The lowest BCUT2D eigenvalue weighted by Crippen LogP contribution is -2.33. The summed E-state index contributed by atoms with van der Waals surface area (Å²) in [5.74, 6) is 0.119. The second-order valence-corrected chi connectivity index (χ2v) is 8.65. The van der Waals surface area contributed by atoms with E-state index >= 15 is 0 Å². The van der Waals surface area contributed by atoms with Gasteiger partial charge in [0.2, 0.25) is 0 Å². The standard InChI is InChI=1S/C27H32N2O5/c1-6-33-22-11-9-21(10-12-22)29-17(2)14-20(18(29)3)15-24-25(27(31)32-5)19(4)28(26(24)30)16-23-8-7-13-34-23/h9-12,14-15,23H,6-8,13,16H2,1-5H3. The van der Waals surface area contributed by atoms with Crippen molar-refractivity contribution < 1.29 is 23.8 Å². The smallest absolute Gasteiger partial charge is 0.340 e. The number of hydrogen-bond acceptors (Lipinski definition) is 5. The fraction of sp³-hybridized carbons (Fsp3) is 0.407. The lowest BCUT2D eigenvalue weighted by atomic mass is 10.0. The van der Waals surface area contributed by atoms with Gasteiger partial charge in [-0.3, -0.25) is 4.79 Å². The summed E-state index contributed by atoms with van der Waals surface area (Å²) in [6.07, 6.45) is 3.69. The van der Waals surface area contributed by atoms with Gasteiger partial charge in [-0.1, -0.05) is 0 Å². The Labute approximate surface area is 200 Å². The molecule has 4 rings (SSSR count). The van der Waals surface area contributed by atoms with Gasteiger partial charge in [-0.25, -0.2) is 4.79 Å². The Kier molecular flexibility index (Phi) is 6.93. The second kappa shape index (κ2) is 9.89. The third-order valence-corrected chi connectivity index (χ3v) is 6.49. The van der Waals surface area contributed by atoms with Crippen molar-refractivity contribution in [2.45, 2.75) is 46.6 Å². The molecule has 0 bridgehead atoms. The van der Waals surface area contributed by atoms with E-state index in [1.165, 1.54) is 7.11 Å². The molecule has 2 aliphatic rings. The van der Waals surface area contributed by atoms with Gasteiger partial charge in [0, 0.05) is 29.4 Å². The highest BCUT2D eigenvalue weighted by Gasteiger charge is 2.38. The van der Waals surface area contributed by atoms with E-state index in [-0.39, 0.29) is 12.0 Å². The number of ether oxygens (including phenoxy) is 3. The molecular formula is C27H32N2O5. The number of carbonyl (C=O) groups excluding carboxylic acids is 2. The zero-order valence-electron chi connectivity index (χ0n) is 20.5. The first kappa shape index (κ1) is 23.8. The molecule has 7 nitrogen and oxygen atoms in total. The molecule has 180 valence electrons. The number of allylic oxidation sites excluding steroid dienone is 1. The number of methoxy groups -OCH3 is 1. The van der Waals surface area contributed by atoms with Crippen LogP contribution in [0.2, 0.25) is 0 Å². The van der Waals surface area contributed by atoms with Gasteiger partial charge in [0.1, 0.15) is 5.75 Å². The van der Waals surface area contributed by atoms with Crippen molar-refractivity contribution in [3.05, 3.63) is 64.1 Å². The summed E-state index contributed by atoms with van der Waals surface area (Å²) in [5.41, 5.74) is 5.16. The maximum absolute atomic E-state index is 13.4. The van der Waals surface area contributed by atoms with Crippen molar-refractivity contribution in [2.75, 3.05) is 26.9 Å². The van der Waals surface area contributed by atoms with Crippen molar-refractivity contribution in [2.24, 2.45) is 0 Å². The van der Waals surface area contributed by atoms with Crippen LogP contribution in [-0.2, 0) is 19.1 Å². The Balaban J connectivity index is 1.71. The molecule has 0 radical (unpaired) electrons. The van der Waals surface area contributed by atoms with E-state index in [2.05, 4.69) is 4.57 Å². The van der Waals surface area contributed by atoms with E-state index in [4.69, 9.17) is 14.2 Å². The van der Waals surface area contributed by atoms with E-state index < -0.39 is 5.97 Å². The number of nitrogens with zero attached hydrogens (tertiary/aromatic N) is 2. The molecule has 1 atom stereocenters. The summed E-state index contributed by atoms with van der Waals surface area (Å²) >= 11 is 0. The van der Waals surface area contributed by atoms with E-state index in [1.54, 1.807) is 17.9 Å². The molecule has 3 heterocycles. The van der Waals surface area contributed by atoms with Crippen LogP contribution in [0.1, 0.15) is 43.6 Å². The van der Waals surface area contributed by atoms with Crippen LogP contribution < -0.4 is 4.74 Å².